The van der Waals surface area contributed by atoms with E-state index in [9.17, 15) is 9.90 Å². The Hall–Kier alpha value is -3.68. The first-order valence-corrected chi connectivity index (χ1v) is 12.4. The molecule has 3 aromatic carbocycles. The van der Waals surface area contributed by atoms with Crippen molar-refractivity contribution in [1.29, 1.82) is 0 Å². The van der Waals surface area contributed by atoms with Gasteiger partial charge in [0.15, 0.2) is 6.61 Å². The molecule has 0 bridgehead atoms. The Morgan fingerprint density at radius 3 is 2.75 bits per heavy atom. The lowest BCUT2D eigenvalue weighted by atomic mass is 9.97. The molecule has 1 aromatic heterocycles. The molecule has 2 atom stereocenters. The molecular formula is C29H32N4O3. The normalized spacial score (nSPS) is 16.8. The van der Waals surface area contributed by atoms with Crippen molar-refractivity contribution in [3.05, 3.63) is 78.5 Å². The second-order valence-electron chi connectivity index (χ2n) is 9.34. The highest BCUT2D eigenvalue weighted by Gasteiger charge is 2.29. The van der Waals surface area contributed by atoms with Gasteiger partial charge in [-0.15, -0.1) is 0 Å². The molecule has 0 radical (unpaired) electrons. The van der Waals surface area contributed by atoms with E-state index >= 15 is 0 Å². The Labute approximate surface area is 211 Å². The fourth-order valence-corrected chi connectivity index (χ4v) is 5.08. The van der Waals surface area contributed by atoms with Crippen LogP contribution in [0.25, 0.3) is 21.7 Å². The number of ether oxygens (including phenoxy) is 1. The molecule has 36 heavy (non-hydrogen) atoms. The number of amides is 1. The first-order valence-electron chi connectivity index (χ1n) is 12.4. The van der Waals surface area contributed by atoms with Crippen LogP contribution in [0.1, 0.15) is 18.0 Å². The molecule has 2 heterocycles. The average Bonchev–Trinajstić information content (AvgIpc) is 3.34. The molecule has 7 heteroatoms. The van der Waals surface area contributed by atoms with Crippen molar-refractivity contribution >= 4 is 33.3 Å². The first kappa shape index (κ1) is 24.0. The topological polar surface area (TPSA) is 77.9 Å². The van der Waals surface area contributed by atoms with Crippen molar-refractivity contribution in [1.82, 2.24) is 14.8 Å². The summed E-state index contributed by atoms with van der Waals surface area (Å²) in [5.74, 6) is 0.519. The summed E-state index contributed by atoms with van der Waals surface area (Å²) in [7, 11) is 3.70. The van der Waals surface area contributed by atoms with Crippen LogP contribution in [0.2, 0.25) is 0 Å². The number of fused-ring (bicyclic) bond motifs is 2. The zero-order chi connectivity index (χ0) is 25.1. The van der Waals surface area contributed by atoms with E-state index in [4.69, 9.17) is 4.74 Å². The first-order chi connectivity index (χ1) is 17.5. The summed E-state index contributed by atoms with van der Waals surface area (Å²) in [5.41, 5.74) is 2.81. The van der Waals surface area contributed by atoms with E-state index in [1.165, 1.54) is 0 Å². The monoisotopic (exact) mass is 484 g/mol. The standard InChI is InChI=1S/C29H32N4O3/c1-30-25-12-13-27(24-11-6-15-31-29(24)25)36-19-28(35)32(2)26(18-33-16-14-21(34)17-33)23-10-5-8-20-7-3-4-9-22(20)23/h3-13,15,21,26,30,34H,14,16-19H2,1-2H3/t21-,26?/m0/s1. The number of aliphatic hydroxyl groups is 1. The van der Waals surface area contributed by atoms with Gasteiger partial charge in [0, 0.05) is 45.3 Å². The average molecular weight is 485 g/mol. The molecule has 5 rings (SSSR count). The van der Waals surface area contributed by atoms with Gasteiger partial charge in [0.25, 0.3) is 5.91 Å². The van der Waals surface area contributed by atoms with Crippen molar-refractivity contribution in [2.24, 2.45) is 0 Å². The Morgan fingerprint density at radius 1 is 1.14 bits per heavy atom. The summed E-state index contributed by atoms with van der Waals surface area (Å²) in [6.07, 6.45) is 2.19. The molecule has 1 fully saturated rings. The number of likely N-dealkylation sites (tertiary alicyclic amines) is 1. The van der Waals surface area contributed by atoms with Crippen LogP contribution < -0.4 is 10.1 Å². The number of carbonyl (C=O) groups excluding carboxylic acids is 1. The van der Waals surface area contributed by atoms with Gasteiger partial charge < -0.3 is 20.1 Å². The second-order valence-corrected chi connectivity index (χ2v) is 9.34. The van der Waals surface area contributed by atoms with Gasteiger partial charge in [0.1, 0.15) is 5.75 Å². The highest BCUT2D eigenvalue weighted by molar-refractivity contribution is 5.95. The number of anilines is 1. The van der Waals surface area contributed by atoms with Crippen LogP contribution in [0.3, 0.4) is 0 Å². The number of hydrogen-bond donors (Lipinski definition) is 2. The molecule has 0 aliphatic carbocycles. The maximum Gasteiger partial charge on any atom is 0.260 e. The number of β-amino-alcohol motifs (C(OH)–C–C–N with tert-alkyl or cyclic N) is 1. The molecule has 1 saturated heterocycles. The Balaban J connectivity index is 1.40. The minimum atomic E-state index is -0.315. The van der Waals surface area contributed by atoms with Gasteiger partial charge in [-0.2, -0.15) is 0 Å². The SMILES string of the molecule is CNc1ccc(OCC(=O)N(C)C(CN2CC[C@H](O)C2)c2cccc3ccccc23)c2cccnc12. The summed E-state index contributed by atoms with van der Waals surface area (Å²) >= 11 is 0. The molecule has 0 saturated carbocycles. The molecule has 0 spiro atoms. The minimum absolute atomic E-state index is 0.0801. The lowest BCUT2D eigenvalue weighted by Crippen LogP contribution is -2.41. The van der Waals surface area contributed by atoms with Crippen LogP contribution in [0.15, 0.2) is 72.9 Å². The number of hydrogen-bond acceptors (Lipinski definition) is 6. The van der Waals surface area contributed by atoms with Crippen molar-refractivity contribution < 1.29 is 14.6 Å². The third-order valence-electron chi connectivity index (χ3n) is 7.07. The molecular weight excluding hydrogens is 452 g/mol. The van der Waals surface area contributed by atoms with Crippen molar-refractivity contribution in [3.63, 3.8) is 0 Å². The maximum atomic E-state index is 13.5. The van der Waals surface area contributed by atoms with Crippen molar-refractivity contribution in [3.8, 4) is 5.75 Å². The van der Waals surface area contributed by atoms with Gasteiger partial charge in [-0.25, -0.2) is 0 Å². The number of aromatic nitrogens is 1. The number of rotatable bonds is 8. The summed E-state index contributed by atoms with van der Waals surface area (Å²) in [6, 6.07) is 21.9. The fraction of sp³-hybridized carbons (Fsp3) is 0.310. The van der Waals surface area contributed by atoms with Crippen LogP contribution in [0, 0.1) is 0 Å². The molecule has 1 amide bonds. The fourth-order valence-electron chi connectivity index (χ4n) is 5.08. The van der Waals surface area contributed by atoms with Crippen LogP contribution >= 0.6 is 0 Å². The van der Waals surface area contributed by atoms with Crippen LogP contribution in [-0.2, 0) is 4.79 Å². The lowest BCUT2D eigenvalue weighted by Gasteiger charge is -2.33. The molecule has 186 valence electrons. The van der Waals surface area contributed by atoms with Crippen LogP contribution in [0.5, 0.6) is 5.75 Å². The number of benzene rings is 3. The molecule has 1 unspecified atom stereocenters. The summed E-state index contributed by atoms with van der Waals surface area (Å²) < 4.78 is 6.05. The van der Waals surface area contributed by atoms with Gasteiger partial charge in [-0.3, -0.25) is 14.7 Å². The molecule has 1 aliphatic rings. The third kappa shape index (κ3) is 4.85. The summed E-state index contributed by atoms with van der Waals surface area (Å²) in [5, 5.41) is 16.4. The zero-order valence-corrected chi connectivity index (χ0v) is 20.7. The number of nitrogens with zero attached hydrogens (tertiary/aromatic N) is 3. The number of nitrogens with one attached hydrogen (secondary N) is 1. The molecule has 7 nitrogen and oxygen atoms in total. The quantitative estimate of drug-likeness (QED) is 0.393. The van der Waals surface area contributed by atoms with E-state index in [1.807, 2.05) is 56.6 Å². The van der Waals surface area contributed by atoms with Crippen LogP contribution in [-0.4, -0.2) is 72.2 Å². The minimum Gasteiger partial charge on any atom is -0.483 e. The molecule has 1 aliphatic heterocycles. The highest BCUT2D eigenvalue weighted by Crippen LogP contribution is 2.32. The number of likely N-dealkylation sites (N-methyl/N-ethyl adjacent to an activating group) is 1. The Kier molecular flexibility index (Phi) is 7.02. The lowest BCUT2D eigenvalue weighted by molar-refractivity contribution is -0.134. The zero-order valence-electron chi connectivity index (χ0n) is 20.7. The van der Waals surface area contributed by atoms with Gasteiger partial charge >= 0.3 is 0 Å². The highest BCUT2D eigenvalue weighted by atomic mass is 16.5. The van der Waals surface area contributed by atoms with Crippen molar-refractivity contribution in [2.75, 3.05) is 45.7 Å². The Morgan fingerprint density at radius 2 is 1.94 bits per heavy atom. The Bertz CT molecular complexity index is 1370. The van der Waals surface area contributed by atoms with E-state index < -0.39 is 0 Å². The van der Waals surface area contributed by atoms with Crippen LogP contribution in [0.4, 0.5) is 5.69 Å². The van der Waals surface area contributed by atoms with Gasteiger partial charge in [-0.05, 0) is 47.0 Å². The van der Waals surface area contributed by atoms with E-state index in [2.05, 4.69) is 39.5 Å². The molecule has 4 aromatic rings. The summed E-state index contributed by atoms with van der Waals surface area (Å²) in [4.78, 5) is 22.0. The van der Waals surface area contributed by atoms with Gasteiger partial charge in [0.2, 0.25) is 0 Å². The smallest absolute Gasteiger partial charge is 0.260 e. The number of carbonyl (C=O) groups is 1. The largest absolute Gasteiger partial charge is 0.483 e. The van der Waals surface area contributed by atoms with E-state index in [0.29, 0.717) is 18.8 Å². The van der Waals surface area contributed by atoms with E-state index in [0.717, 1.165) is 45.9 Å². The second kappa shape index (κ2) is 10.5. The van der Waals surface area contributed by atoms with Gasteiger partial charge in [0.05, 0.1) is 23.3 Å². The van der Waals surface area contributed by atoms with E-state index in [-0.39, 0.29) is 24.7 Å². The van der Waals surface area contributed by atoms with Gasteiger partial charge in [-0.1, -0.05) is 42.5 Å². The number of pyridine rings is 1. The summed E-state index contributed by atoms with van der Waals surface area (Å²) in [6.45, 7) is 2.01. The predicted octanol–water partition coefficient (Wildman–Crippen LogP) is 4.07. The van der Waals surface area contributed by atoms with E-state index in [1.54, 1.807) is 11.1 Å². The number of aliphatic hydroxyl groups excluding tert-OH is 1. The predicted molar refractivity (Wildman–Crippen MR) is 143 cm³/mol. The third-order valence-corrected chi connectivity index (χ3v) is 7.07. The molecule has 2 N–H and O–H groups in total. The maximum absolute atomic E-state index is 13.5. The van der Waals surface area contributed by atoms with Crippen molar-refractivity contribution in [2.45, 2.75) is 18.6 Å².